The van der Waals surface area contributed by atoms with Crippen molar-refractivity contribution in [2.75, 3.05) is 52.9 Å². The second kappa shape index (κ2) is 6.30. The van der Waals surface area contributed by atoms with Gasteiger partial charge in [0.15, 0.2) is 0 Å². The van der Waals surface area contributed by atoms with Gasteiger partial charge in [0.05, 0.1) is 0 Å². The van der Waals surface area contributed by atoms with E-state index in [-0.39, 0.29) is 0 Å². The average molecular weight is 280 g/mol. The van der Waals surface area contributed by atoms with Crippen molar-refractivity contribution < 1.29 is 0 Å². The predicted molar refractivity (Wildman–Crippen MR) is 83.9 cm³/mol. The van der Waals surface area contributed by atoms with Crippen LogP contribution in [0.2, 0.25) is 0 Å². The molecule has 0 amide bonds. The number of hydrogen-bond donors (Lipinski definition) is 1. The summed E-state index contributed by atoms with van der Waals surface area (Å²) in [5.74, 6) is 0. The molecule has 2 N–H and O–H groups in total. The normalized spacial score (nSPS) is 30.9. The third-order valence-electron chi connectivity index (χ3n) is 6.12. The van der Waals surface area contributed by atoms with Crippen LogP contribution >= 0.6 is 0 Å². The molecule has 1 aliphatic carbocycles. The summed E-state index contributed by atoms with van der Waals surface area (Å²) >= 11 is 0. The molecule has 3 aliphatic rings. The van der Waals surface area contributed by atoms with Gasteiger partial charge in [0.2, 0.25) is 0 Å². The molecule has 3 rings (SSSR count). The van der Waals surface area contributed by atoms with Crippen LogP contribution in [0.3, 0.4) is 0 Å². The summed E-state index contributed by atoms with van der Waals surface area (Å²) in [4.78, 5) is 7.93. The number of nitrogens with two attached hydrogens (primary N) is 1. The zero-order valence-electron chi connectivity index (χ0n) is 13.2. The van der Waals surface area contributed by atoms with Gasteiger partial charge < -0.3 is 10.6 Å². The van der Waals surface area contributed by atoms with Gasteiger partial charge in [-0.1, -0.05) is 12.8 Å². The number of rotatable bonds is 3. The molecule has 2 heterocycles. The Morgan fingerprint density at radius 2 is 1.55 bits per heavy atom. The van der Waals surface area contributed by atoms with Crippen LogP contribution in [0.1, 0.15) is 38.5 Å². The molecule has 0 radical (unpaired) electrons. The van der Waals surface area contributed by atoms with E-state index in [2.05, 4.69) is 21.7 Å². The lowest BCUT2D eigenvalue weighted by molar-refractivity contribution is -0.0101. The maximum absolute atomic E-state index is 6.20. The van der Waals surface area contributed by atoms with E-state index in [1.807, 2.05) is 0 Å². The molecule has 0 aromatic heterocycles. The number of piperazine rings is 1. The van der Waals surface area contributed by atoms with Crippen LogP contribution in [0.25, 0.3) is 0 Å². The highest BCUT2D eigenvalue weighted by Crippen LogP contribution is 2.30. The Kier molecular flexibility index (Phi) is 4.65. The van der Waals surface area contributed by atoms with Crippen molar-refractivity contribution in [3.63, 3.8) is 0 Å². The third kappa shape index (κ3) is 2.89. The third-order valence-corrected chi connectivity index (χ3v) is 6.12. The Bertz CT molecular complexity index is 298. The smallest absolute Gasteiger partial charge is 0.0357 e. The van der Waals surface area contributed by atoms with Crippen molar-refractivity contribution in [1.29, 1.82) is 0 Å². The molecule has 0 atom stereocenters. The predicted octanol–water partition coefficient (Wildman–Crippen LogP) is 0.970. The van der Waals surface area contributed by atoms with Crippen LogP contribution in [-0.2, 0) is 0 Å². The molecule has 2 aliphatic heterocycles. The van der Waals surface area contributed by atoms with E-state index >= 15 is 0 Å². The standard InChI is InChI=1S/C16H32N4/c1-18-8-6-16(14-17,7-9-18)20-12-10-19(11-13-20)15-4-2-3-5-15/h15H,2-14,17H2,1H3. The first-order valence-electron chi connectivity index (χ1n) is 8.61. The summed E-state index contributed by atoms with van der Waals surface area (Å²) in [5.41, 5.74) is 6.50. The molecular formula is C16H32N4. The number of likely N-dealkylation sites (tertiary alicyclic amines) is 1. The molecule has 2 saturated heterocycles. The molecule has 4 nitrogen and oxygen atoms in total. The molecule has 4 heteroatoms. The fraction of sp³-hybridized carbons (Fsp3) is 1.00. The van der Waals surface area contributed by atoms with Crippen LogP contribution in [0, 0.1) is 0 Å². The van der Waals surface area contributed by atoms with Gasteiger partial charge in [0.25, 0.3) is 0 Å². The Morgan fingerprint density at radius 3 is 2.10 bits per heavy atom. The van der Waals surface area contributed by atoms with Crippen molar-refractivity contribution in [3.05, 3.63) is 0 Å². The van der Waals surface area contributed by atoms with Crippen molar-refractivity contribution in [1.82, 2.24) is 14.7 Å². The average Bonchev–Trinajstić information content (AvgIpc) is 3.03. The molecule has 116 valence electrons. The highest BCUT2D eigenvalue weighted by molar-refractivity contribution is 4.98. The second-order valence-corrected chi connectivity index (χ2v) is 7.19. The van der Waals surface area contributed by atoms with Crippen LogP contribution in [0.4, 0.5) is 0 Å². The monoisotopic (exact) mass is 280 g/mol. The summed E-state index contributed by atoms with van der Waals surface area (Å²) in [7, 11) is 2.23. The maximum atomic E-state index is 6.20. The van der Waals surface area contributed by atoms with E-state index in [1.54, 1.807) is 0 Å². The molecule has 0 aromatic rings. The summed E-state index contributed by atoms with van der Waals surface area (Å²) in [6.07, 6.45) is 8.28. The topological polar surface area (TPSA) is 35.7 Å². The second-order valence-electron chi connectivity index (χ2n) is 7.19. The number of nitrogens with zero attached hydrogens (tertiary/aromatic N) is 3. The molecular weight excluding hydrogens is 248 g/mol. The van der Waals surface area contributed by atoms with E-state index in [9.17, 15) is 0 Å². The van der Waals surface area contributed by atoms with Gasteiger partial charge in [0.1, 0.15) is 0 Å². The van der Waals surface area contributed by atoms with Crippen molar-refractivity contribution in [2.24, 2.45) is 5.73 Å². The van der Waals surface area contributed by atoms with Gasteiger partial charge in [-0.25, -0.2) is 0 Å². The van der Waals surface area contributed by atoms with Crippen LogP contribution < -0.4 is 5.73 Å². The summed E-state index contributed by atoms with van der Waals surface area (Å²) < 4.78 is 0. The Balaban J connectivity index is 1.56. The van der Waals surface area contributed by atoms with E-state index < -0.39 is 0 Å². The Labute approximate surface area is 124 Å². The highest BCUT2D eigenvalue weighted by atomic mass is 15.3. The van der Waals surface area contributed by atoms with Crippen molar-refractivity contribution in [3.8, 4) is 0 Å². The summed E-state index contributed by atoms with van der Waals surface area (Å²) in [6, 6.07) is 0.892. The van der Waals surface area contributed by atoms with Crippen LogP contribution in [0.15, 0.2) is 0 Å². The molecule has 0 spiro atoms. The van der Waals surface area contributed by atoms with Crippen LogP contribution in [0.5, 0.6) is 0 Å². The molecule has 3 fully saturated rings. The van der Waals surface area contributed by atoms with Gasteiger partial charge in [-0.2, -0.15) is 0 Å². The van der Waals surface area contributed by atoms with Gasteiger partial charge in [-0.05, 0) is 45.8 Å². The van der Waals surface area contributed by atoms with Crippen molar-refractivity contribution >= 4 is 0 Å². The van der Waals surface area contributed by atoms with Gasteiger partial charge in [-0.3, -0.25) is 9.80 Å². The molecule has 20 heavy (non-hydrogen) atoms. The van der Waals surface area contributed by atoms with Gasteiger partial charge in [0, 0.05) is 44.3 Å². The largest absolute Gasteiger partial charge is 0.329 e. The fourth-order valence-corrected chi connectivity index (χ4v) is 4.52. The summed E-state index contributed by atoms with van der Waals surface area (Å²) in [6.45, 7) is 8.25. The van der Waals surface area contributed by atoms with Crippen LogP contribution in [-0.4, -0.2) is 79.1 Å². The zero-order chi connectivity index (χ0) is 14.0. The fourth-order valence-electron chi connectivity index (χ4n) is 4.52. The Morgan fingerprint density at radius 1 is 0.950 bits per heavy atom. The molecule has 0 bridgehead atoms. The lowest BCUT2D eigenvalue weighted by Crippen LogP contribution is -2.64. The Hall–Kier alpha value is -0.160. The first kappa shape index (κ1) is 14.8. The minimum Gasteiger partial charge on any atom is -0.329 e. The minimum absolute atomic E-state index is 0.300. The number of piperidine rings is 1. The maximum Gasteiger partial charge on any atom is 0.0357 e. The van der Waals surface area contributed by atoms with Gasteiger partial charge >= 0.3 is 0 Å². The van der Waals surface area contributed by atoms with E-state index in [1.165, 1.54) is 77.8 Å². The first-order valence-corrected chi connectivity index (χ1v) is 8.61. The summed E-state index contributed by atoms with van der Waals surface area (Å²) in [5, 5.41) is 0. The quantitative estimate of drug-likeness (QED) is 0.836. The van der Waals surface area contributed by atoms with Gasteiger partial charge in [-0.15, -0.1) is 0 Å². The molecule has 0 unspecified atom stereocenters. The molecule has 0 aromatic carbocycles. The minimum atomic E-state index is 0.300. The SMILES string of the molecule is CN1CCC(CN)(N2CCN(C3CCCC3)CC2)CC1. The molecule has 1 saturated carbocycles. The lowest BCUT2D eigenvalue weighted by atomic mass is 9.85. The number of hydrogen-bond acceptors (Lipinski definition) is 4. The van der Waals surface area contributed by atoms with E-state index in [4.69, 9.17) is 5.73 Å². The highest BCUT2D eigenvalue weighted by Gasteiger charge is 2.40. The first-order chi connectivity index (χ1) is 9.73. The van der Waals surface area contributed by atoms with E-state index in [0.29, 0.717) is 5.54 Å². The van der Waals surface area contributed by atoms with E-state index in [0.717, 1.165) is 12.6 Å². The van der Waals surface area contributed by atoms with Crippen molar-refractivity contribution in [2.45, 2.75) is 50.1 Å². The zero-order valence-corrected chi connectivity index (χ0v) is 13.2. The lowest BCUT2D eigenvalue weighted by Gasteiger charge is -2.51.